The summed E-state index contributed by atoms with van der Waals surface area (Å²) in [7, 11) is 0. The first-order valence-electron chi connectivity index (χ1n) is 5.98. The average Bonchev–Trinajstić information content (AvgIpc) is 2.30. The van der Waals surface area contributed by atoms with Gasteiger partial charge in [0.1, 0.15) is 0 Å². The Labute approximate surface area is 111 Å². The first kappa shape index (κ1) is 13.1. The second-order valence-corrected chi connectivity index (χ2v) is 5.98. The average molecular weight is 266 g/mol. The Morgan fingerprint density at radius 2 is 2.28 bits per heavy atom. The molecule has 0 amide bonds. The normalized spacial score (nSPS) is 16.9. The first-order valence-corrected chi connectivity index (χ1v) is 7.21. The van der Waals surface area contributed by atoms with Crippen LogP contribution in [0.25, 0.3) is 0 Å². The molecule has 0 heterocycles. The van der Waals surface area contributed by atoms with Gasteiger partial charge in [0.05, 0.1) is 5.56 Å². The predicted molar refractivity (Wildman–Crippen MR) is 76.4 cm³/mol. The molecule has 1 aromatic rings. The highest BCUT2D eigenvalue weighted by atomic mass is 32.2. The van der Waals surface area contributed by atoms with Gasteiger partial charge in [-0.15, -0.1) is 0 Å². The summed E-state index contributed by atoms with van der Waals surface area (Å²) >= 11 is 1.89. The predicted octanol–water partition coefficient (Wildman–Crippen LogP) is 2.66. The molecule has 1 aliphatic rings. The summed E-state index contributed by atoms with van der Waals surface area (Å²) in [4.78, 5) is 11.0. The van der Waals surface area contributed by atoms with E-state index in [4.69, 9.17) is 10.8 Å². The molecular weight excluding hydrogens is 248 g/mol. The number of thioether (sulfide) groups is 1. The smallest absolute Gasteiger partial charge is 0.337 e. The molecule has 1 fully saturated rings. The Morgan fingerprint density at radius 1 is 1.56 bits per heavy atom. The number of carbonyl (C=O) groups is 1. The van der Waals surface area contributed by atoms with Crippen molar-refractivity contribution in [2.75, 3.05) is 23.9 Å². The maximum atomic E-state index is 11.0. The molecule has 4 N–H and O–H groups in total. The van der Waals surface area contributed by atoms with Gasteiger partial charge in [0.15, 0.2) is 0 Å². The van der Waals surface area contributed by atoms with Crippen LogP contribution in [-0.2, 0) is 0 Å². The van der Waals surface area contributed by atoms with E-state index in [9.17, 15) is 4.79 Å². The molecule has 0 radical (unpaired) electrons. The largest absolute Gasteiger partial charge is 0.478 e. The number of carboxylic acids is 1. The van der Waals surface area contributed by atoms with Crippen molar-refractivity contribution in [1.29, 1.82) is 0 Å². The summed E-state index contributed by atoms with van der Waals surface area (Å²) in [6.45, 7) is 0.872. The number of anilines is 2. The van der Waals surface area contributed by atoms with Gasteiger partial charge in [-0.25, -0.2) is 4.79 Å². The Balaban J connectivity index is 2.06. The monoisotopic (exact) mass is 266 g/mol. The zero-order valence-corrected chi connectivity index (χ0v) is 11.2. The summed E-state index contributed by atoms with van der Waals surface area (Å²) in [5.41, 5.74) is 6.91. The van der Waals surface area contributed by atoms with E-state index < -0.39 is 5.97 Å². The van der Waals surface area contributed by atoms with Gasteiger partial charge in [-0.3, -0.25) is 0 Å². The lowest BCUT2D eigenvalue weighted by molar-refractivity contribution is 0.0698. The number of hydrogen-bond donors (Lipinski definition) is 3. The zero-order valence-electron chi connectivity index (χ0n) is 10.4. The van der Waals surface area contributed by atoms with Crippen molar-refractivity contribution in [3.63, 3.8) is 0 Å². The number of nitrogen functional groups attached to an aromatic ring is 1. The van der Waals surface area contributed by atoms with E-state index in [1.165, 1.54) is 19.3 Å². The minimum absolute atomic E-state index is 0.159. The van der Waals surface area contributed by atoms with E-state index in [2.05, 4.69) is 11.6 Å². The lowest BCUT2D eigenvalue weighted by atomic mass is 9.84. The molecule has 0 bridgehead atoms. The zero-order chi connectivity index (χ0) is 13.2. The molecule has 5 heteroatoms. The summed E-state index contributed by atoms with van der Waals surface area (Å²) in [6.07, 6.45) is 5.86. The molecule has 2 rings (SSSR count). The van der Waals surface area contributed by atoms with Crippen LogP contribution in [0.2, 0.25) is 0 Å². The van der Waals surface area contributed by atoms with Crippen molar-refractivity contribution >= 4 is 29.1 Å². The van der Waals surface area contributed by atoms with Crippen molar-refractivity contribution in [3.8, 4) is 0 Å². The van der Waals surface area contributed by atoms with Crippen molar-refractivity contribution in [1.82, 2.24) is 0 Å². The number of nitrogens with two attached hydrogens (primary N) is 1. The molecule has 1 saturated carbocycles. The minimum atomic E-state index is -0.987. The van der Waals surface area contributed by atoms with Crippen LogP contribution in [0, 0.1) is 0 Å². The van der Waals surface area contributed by atoms with Crippen LogP contribution in [-0.4, -0.2) is 28.6 Å². The highest BCUT2D eigenvalue weighted by Gasteiger charge is 2.35. The summed E-state index contributed by atoms with van der Waals surface area (Å²) < 4.78 is 0.324. The number of nitrogens with one attached hydrogen (secondary N) is 1. The summed E-state index contributed by atoms with van der Waals surface area (Å²) in [5, 5.41) is 12.3. The van der Waals surface area contributed by atoms with Crippen LogP contribution < -0.4 is 11.1 Å². The maximum absolute atomic E-state index is 11.0. The van der Waals surface area contributed by atoms with Gasteiger partial charge in [-0.2, -0.15) is 11.8 Å². The highest BCUT2D eigenvalue weighted by molar-refractivity contribution is 8.00. The molecule has 1 aliphatic carbocycles. The van der Waals surface area contributed by atoms with Crippen LogP contribution in [0.4, 0.5) is 11.4 Å². The number of rotatable bonds is 5. The van der Waals surface area contributed by atoms with E-state index in [0.29, 0.717) is 10.4 Å². The summed E-state index contributed by atoms with van der Waals surface area (Å²) in [6, 6.07) is 5.07. The van der Waals surface area contributed by atoms with Crippen molar-refractivity contribution < 1.29 is 9.90 Å². The second-order valence-electron chi connectivity index (χ2n) is 4.70. The van der Waals surface area contributed by atoms with Crippen molar-refractivity contribution in [3.05, 3.63) is 23.8 Å². The lowest BCUT2D eigenvalue weighted by Crippen LogP contribution is -2.40. The molecule has 0 spiro atoms. The van der Waals surface area contributed by atoms with Gasteiger partial charge in [-0.05, 0) is 37.3 Å². The highest BCUT2D eigenvalue weighted by Crippen LogP contribution is 2.42. The molecule has 18 heavy (non-hydrogen) atoms. The maximum Gasteiger partial charge on any atom is 0.337 e. The molecule has 0 aromatic heterocycles. The van der Waals surface area contributed by atoms with Gasteiger partial charge in [0, 0.05) is 22.7 Å². The molecule has 0 atom stereocenters. The van der Waals surface area contributed by atoms with Crippen LogP contribution in [0.5, 0.6) is 0 Å². The number of aromatic carboxylic acids is 1. The van der Waals surface area contributed by atoms with Gasteiger partial charge in [-0.1, -0.05) is 6.42 Å². The number of carboxylic acid groups (broad SMARTS) is 1. The Bertz CT molecular complexity index is 453. The van der Waals surface area contributed by atoms with Crippen molar-refractivity contribution in [2.24, 2.45) is 0 Å². The molecule has 0 unspecified atom stereocenters. The lowest BCUT2D eigenvalue weighted by Gasteiger charge is -2.40. The standard InChI is InChI=1S/C13H18N2O2S/c1-18-13(5-2-6-13)8-15-9-3-4-11(14)10(7-9)12(16)17/h3-4,7,15H,2,5-6,8,14H2,1H3,(H,16,17). The van der Waals surface area contributed by atoms with Gasteiger partial charge in [0.2, 0.25) is 0 Å². The first-order chi connectivity index (χ1) is 8.56. The van der Waals surface area contributed by atoms with Crippen LogP contribution in [0.1, 0.15) is 29.6 Å². The summed E-state index contributed by atoms with van der Waals surface area (Å²) in [5.74, 6) is -0.987. The quantitative estimate of drug-likeness (QED) is 0.714. The van der Waals surface area contributed by atoms with Gasteiger partial charge >= 0.3 is 5.97 Å². The van der Waals surface area contributed by atoms with Gasteiger partial charge < -0.3 is 16.2 Å². The number of benzene rings is 1. The Kier molecular flexibility index (Phi) is 3.71. The topological polar surface area (TPSA) is 75.3 Å². The van der Waals surface area contributed by atoms with Crippen LogP contribution in [0.3, 0.4) is 0 Å². The second kappa shape index (κ2) is 5.10. The SMILES string of the molecule is CSC1(CNc2ccc(N)c(C(=O)O)c2)CCC1. The molecule has 4 nitrogen and oxygen atoms in total. The fourth-order valence-electron chi connectivity index (χ4n) is 2.14. The van der Waals surface area contributed by atoms with E-state index in [1.54, 1.807) is 12.1 Å². The third-order valence-electron chi connectivity index (χ3n) is 3.60. The van der Waals surface area contributed by atoms with E-state index in [0.717, 1.165) is 12.2 Å². The molecule has 0 aliphatic heterocycles. The van der Waals surface area contributed by atoms with Crippen LogP contribution >= 0.6 is 11.8 Å². The van der Waals surface area contributed by atoms with E-state index in [-0.39, 0.29) is 5.56 Å². The fourth-order valence-corrected chi connectivity index (χ4v) is 3.05. The third-order valence-corrected chi connectivity index (χ3v) is 5.01. The fraction of sp³-hybridized carbons (Fsp3) is 0.462. The van der Waals surface area contributed by atoms with E-state index in [1.807, 2.05) is 17.8 Å². The molecule has 1 aromatic carbocycles. The Morgan fingerprint density at radius 3 is 2.78 bits per heavy atom. The Hall–Kier alpha value is -1.36. The number of hydrogen-bond acceptors (Lipinski definition) is 4. The van der Waals surface area contributed by atoms with E-state index >= 15 is 0 Å². The molecule has 98 valence electrons. The molecule has 0 saturated heterocycles. The molecular formula is C13H18N2O2S. The minimum Gasteiger partial charge on any atom is -0.478 e. The van der Waals surface area contributed by atoms with Crippen LogP contribution in [0.15, 0.2) is 18.2 Å². The van der Waals surface area contributed by atoms with Gasteiger partial charge in [0.25, 0.3) is 0 Å². The van der Waals surface area contributed by atoms with Crippen molar-refractivity contribution in [2.45, 2.75) is 24.0 Å². The third kappa shape index (κ3) is 2.56.